The second-order valence-electron chi connectivity index (χ2n) is 7.01. The molecular formula is C25H26N2O3. The van der Waals surface area contributed by atoms with Crippen LogP contribution in [0.3, 0.4) is 0 Å². The molecule has 5 heteroatoms. The number of ether oxygens (including phenoxy) is 1. The number of amides is 2. The Morgan fingerprint density at radius 2 is 1.40 bits per heavy atom. The monoisotopic (exact) mass is 402 g/mol. The summed E-state index contributed by atoms with van der Waals surface area (Å²) in [6, 6.07) is 27.5. The first-order valence-corrected chi connectivity index (χ1v) is 9.99. The van der Waals surface area contributed by atoms with E-state index >= 15 is 0 Å². The van der Waals surface area contributed by atoms with E-state index in [1.165, 1.54) is 18.1 Å². The molecule has 0 unspecified atom stereocenters. The number of benzene rings is 3. The average molecular weight is 402 g/mol. The van der Waals surface area contributed by atoms with Gasteiger partial charge in [0, 0.05) is 25.1 Å². The zero-order valence-electron chi connectivity index (χ0n) is 17.0. The summed E-state index contributed by atoms with van der Waals surface area (Å²) in [5.41, 5.74) is 3.15. The van der Waals surface area contributed by atoms with Crippen molar-refractivity contribution in [3.8, 4) is 5.75 Å². The van der Waals surface area contributed by atoms with E-state index in [1.54, 1.807) is 24.3 Å². The number of carbonyl (C=O) groups excluding carboxylic acids is 2. The summed E-state index contributed by atoms with van der Waals surface area (Å²) in [5, 5.41) is 5.63. The van der Waals surface area contributed by atoms with Crippen molar-refractivity contribution in [3.63, 3.8) is 0 Å². The Kier molecular flexibility index (Phi) is 7.61. The van der Waals surface area contributed by atoms with Gasteiger partial charge >= 0.3 is 0 Å². The third-order valence-corrected chi connectivity index (χ3v) is 4.70. The Morgan fingerprint density at radius 1 is 0.833 bits per heavy atom. The molecule has 154 valence electrons. The molecule has 2 amide bonds. The Hall–Kier alpha value is -3.60. The van der Waals surface area contributed by atoms with E-state index in [2.05, 4.69) is 34.9 Å². The highest BCUT2D eigenvalue weighted by Gasteiger charge is 2.14. The van der Waals surface area contributed by atoms with Gasteiger partial charge in [-0.1, -0.05) is 60.7 Å². The van der Waals surface area contributed by atoms with Crippen molar-refractivity contribution in [1.29, 1.82) is 0 Å². The molecule has 0 saturated heterocycles. The first-order valence-electron chi connectivity index (χ1n) is 9.99. The topological polar surface area (TPSA) is 67.4 Å². The second-order valence-corrected chi connectivity index (χ2v) is 7.01. The van der Waals surface area contributed by atoms with Gasteiger partial charge in [-0.2, -0.15) is 0 Å². The minimum Gasteiger partial charge on any atom is -0.484 e. The molecule has 0 spiro atoms. The molecule has 0 aliphatic heterocycles. The highest BCUT2D eigenvalue weighted by Crippen LogP contribution is 2.27. The molecule has 5 nitrogen and oxygen atoms in total. The maximum Gasteiger partial charge on any atom is 0.257 e. The zero-order valence-corrected chi connectivity index (χ0v) is 17.0. The number of nitrogens with one attached hydrogen (secondary N) is 2. The molecule has 0 bridgehead atoms. The van der Waals surface area contributed by atoms with Gasteiger partial charge in [0.25, 0.3) is 5.91 Å². The summed E-state index contributed by atoms with van der Waals surface area (Å²) in [5.74, 6) is 0.494. The Labute approximate surface area is 177 Å². The van der Waals surface area contributed by atoms with Crippen LogP contribution < -0.4 is 15.4 Å². The van der Waals surface area contributed by atoms with Crippen molar-refractivity contribution in [2.24, 2.45) is 0 Å². The standard InChI is InChI=1S/C25H26N2O3/c1-19(28)27-22-12-14-23(15-13-22)30-18-25(29)26-17-16-24(20-8-4-2-5-9-20)21-10-6-3-7-11-21/h2-15,24H,16-18H2,1H3,(H,26,29)(H,27,28). The summed E-state index contributed by atoms with van der Waals surface area (Å²) in [6.07, 6.45) is 0.797. The van der Waals surface area contributed by atoms with Crippen LogP contribution in [0.5, 0.6) is 5.75 Å². The largest absolute Gasteiger partial charge is 0.484 e. The van der Waals surface area contributed by atoms with E-state index in [4.69, 9.17) is 4.74 Å². The molecule has 0 aliphatic rings. The van der Waals surface area contributed by atoms with Gasteiger partial charge in [0.05, 0.1) is 0 Å². The highest BCUT2D eigenvalue weighted by atomic mass is 16.5. The van der Waals surface area contributed by atoms with Gasteiger partial charge in [-0.05, 0) is 41.8 Å². The van der Waals surface area contributed by atoms with Gasteiger partial charge < -0.3 is 15.4 Å². The zero-order chi connectivity index (χ0) is 21.2. The van der Waals surface area contributed by atoms with Crippen molar-refractivity contribution >= 4 is 17.5 Å². The molecule has 0 aliphatic carbocycles. The van der Waals surface area contributed by atoms with E-state index in [-0.39, 0.29) is 24.3 Å². The van der Waals surface area contributed by atoms with Crippen LogP contribution in [0.1, 0.15) is 30.4 Å². The lowest BCUT2D eigenvalue weighted by Crippen LogP contribution is -2.30. The molecule has 0 aromatic heterocycles. The lowest BCUT2D eigenvalue weighted by molar-refractivity contribution is -0.123. The highest BCUT2D eigenvalue weighted by molar-refractivity contribution is 5.88. The normalized spacial score (nSPS) is 10.5. The molecule has 30 heavy (non-hydrogen) atoms. The maximum absolute atomic E-state index is 12.2. The van der Waals surface area contributed by atoms with Crippen LogP contribution in [0, 0.1) is 0 Å². The molecule has 0 atom stereocenters. The minimum atomic E-state index is -0.166. The molecule has 0 radical (unpaired) electrons. The van der Waals surface area contributed by atoms with Gasteiger partial charge in [-0.25, -0.2) is 0 Å². The predicted octanol–water partition coefficient (Wildman–Crippen LogP) is 4.36. The van der Waals surface area contributed by atoms with Crippen LogP contribution in [-0.4, -0.2) is 25.0 Å². The summed E-state index contributed by atoms with van der Waals surface area (Å²) >= 11 is 0. The van der Waals surface area contributed by atoms with Gasteiger partial charge in [-0.3, -0.25) is 9.59 Å². The van der Waals surface area contributed by atoms with E-state index < -0.39 is 0 Å². The number of hydrogen-bond acceptors (Lipinski definition) is 3. The summed E-state index contributed by atoms with van der Waals surface area (Å²) < 4.78 is 5.53. The lowest BCUT2D eigenvalue weighted by atomic mass is 9.88. The molecule has 2 N–H and O–H groups in total. The quantitative estimate of drug-likeness (QED) is 0.559. The van der Waals surface area contributed by atoms with Gasteiger partial charge in [0.1, 0.15) is 5.75 Å². The van der Waals surface area contributed by atoms with Crippen LogP contribution in [-0.2, 0) is 9.59 Å². The smallest absolute Gasteiger partial charge is 0.257 e. The van der Waals surface area contributed by atoms with E-state index in [9.17, 15) is 9.59 Å². The fourth-order valence-electron chi connectivity index (χ4n) is 3.29. The second kappa shape index (κ2) is 10.8. The maximum atomic E-state index is 12.2. The summed E-state index contributed by atoms with van der Waals surface area (Å²) in [4.78, 5) is 23.2. The van der Waals surface area contributed by atoms with Crippen molar-refractivity contribution in [1.82, 2.24) is 5.32 Å². The van der Waals surface area contributed by atoms with Crippen molar-refractivity contribution in [2.75, 3.05) is 18.5 Å². The summed E-state index contributed by atoms with van der Waals surface area (Å²) in [7, 11) is 0. The summed E-state index contributed by atoms with van der Waals surface area (Å²) in [6.45, 7) is 1.95. The van der Waals surface area contributed by atoms with Crippen molar-refractivity contribution < 1.29 is 14.3 Å². The third kappa shape index (κ3) is 6.48. The number of hydrogen-bond donors (Lipinski definition) is 2. The van der Waals surface area contributed by atoms with E-state index in [0.29, 0.717) is 18.0 Å². The van der Waals surface area contributed by atoms with Crippen LogP contribution in [0.25, 0.3) is 0 Å². The number of anilines is 1. The average Bonchev–Trinajstić information content (AvgIpc) is 2.77. The van der Waals surface area contributed by atoms with Crippen LogP contribution in [0.2, 0.25) is 0 Å². The Bertz CT molecular complexity index is 902. The first-order chi connectivity index (χ1) is 14.6. The minimum absolute atomic E-state index is 0.0547. The molecule has 3 aromatic rings. The first kappa shape index (κ1) is 21.1. The third-order valence-electron chi connectivity index (χ3n) is 4.70. The Morgan fingerprint density at radius 3 is 1.93 bits per heavy atom. The van der Waals surface area contributed by atoms with Crippen LogP contribution in [0.15, 0.2) is 84.9 Å². The lowest BCUT2D eigenvalue weighted by Gasteiger charge is -2.18. The van der Waals surface area contributed by atoms with Gasteiger partial charge in [-0.15, -0.1) is 0 Å². The number of carbonyl (C=O) groups is 2. The predicted molar refractivity (Wildman–Crippen MR) is 119 cm³/mol. The molecule has 0 saturated carbocycles. The fourth-order valence-corrected chi connectivity index (χ4v) is 3.29. The molecule has 3 aromatic carbocycles. The van der Waals surface area contributed by atoms with E-state index in [0.717, 1.165) is 6.42 Å². The van der Waals surface area contributed by atoms with Crippen molar-refractivity contribution in [3.05, 3.63) is 96.1 Å². The van der Waals surface area contributed by atoms with Gasteiger partial charge in [0.15, 0.2) is 6.61 Å². The molecular weight excluding hydrogens is 376 g/mol. The number of rotatable bonds is 9. The Balaban J connectivity index is 1.49. The fraction of sp³-hybridized carbons (Fsp3) is 0.200. The SMILES string of the molecule is CC(=O)Nc1ccc(OCC(=O)NCCC(c2ccccc2)c2ccccc2)cc1. The molecule has 3 rings (SSSR count). The molecule has 0 fully saturated rings. The molecule has 0 heterocycles. The van der Waals surface area contributed by atoms with Crippen LogP contribution >= 0.6 is 0 Å². The van der Waals surface area contributed by atoms with Crippen LogP contribution in [0.4, 0.5) is 5.69 Å². The van der Waals surface area contributed by atoms with E-state index in [1.807, 2.05) is 36.4 Å². The van der Waals surface area contributed by atoms with Gasteiger partial charge in [0.2, 0.25) is 5.91 Å². The van der Waals surface area contributed by atoms with Crippen molar-refractivity contribution in [2.45, 2.75) is 19.3 Å².